The average Bonchev–Trinajstić information content (AvgIpc) is 3.52. The molecule has 5 N–H and O–H groups in total. The third-order valence-corrected chi connectivity index (χ3v) is 11.4. The number of hydrogen-bond acceptors (Lipinski definition) is 8. The molecule has 5 aromatic carbocycles. The van der Waals surface area contributed by atoms with Gasteiger partial charge in [0.15, 0.2) is 5.43 Å². The molecule has 1 aliphatic heterocycles. The number of carboxylic acids is 1. The summed E-state index contributed by atoms with van der Waals surface area (Å²) in [6.07, 6.45) is 1.59. The monoisotopic (exact) mass is 931 g/mol. The molecular weight excluding hydrogens is 894 g/mol. The Balaban J connectivity index is 0.822. The summed E-state index contributed by atoms with van der Waals surface area (Å²) in [5.41, 5.74) is 4.41. The number of fused-ring (bicyclic) bond motifs is 5. The highest BCUT2D eigenvalue weighted by Gasteiger charge is 2.23. The van der Waals surface area contributed by atoms with Crippen molar-refractivity contribution in [2.45, 2.75) is 31.9 Å². The van der Waals surface area contributed by atoms with E-state index in [1.165, 1.54) is 30.3 Å². The minimum atomic E-state index is -1.22. The minimum absolute atomic E-state index is 0.0462. The zero-order valence-electron chi connectivity index (χ0n) is 32.1. The molecule has 6 aromatic rings. The number of phenolic OH excluding ortho intramolecular Hbond substituents is 1. The molecule has 13 heteroatoms. The predicted molar refractivity (Wildman–Crippen MR) is 241 cm³/mol. The number of unbranched alkanes of at least 4 members (excludes halogenated alkanes) is 2. The molecule has 1 aromatic heterocycles. The fourth-order valence-electron chi connectivity index (χ4n) is 7.58. The zero-order chi connectivity index (χ0) is 41.9. The second kappa shape index (κ2) is 17.6. The molecule has 1 amide bonds. The number of aromatic nitrogens is 1. The summed E-state index contributed by atoms with van der Waals surface area (Å²) in [4.78, 5) is 37.8. The van der Waals surface area contributed by atoms with Crippen molar-refractivity contribution in [3.63, 3.8) is 0 Å². The maximum absolute atomic E-state index is 13.1. The Hall–Kier alpha value is -6.15. The van der Waals surface area contributed by atoms with Gasteiger partial charge in [-0.05, 0) is 110 Å². The second-order valence-electron chi connectivity index (χ2n) is 14.5. The Bertz CT molecular complexity index is 2880. The average molecular weight is 934 g/mol. The van der Waals surface area contributed by atoms with Gasteiger partial charge in [-0.1, -0.05) is 44.0 Å². The van der Waals surface area contributed by atoms with Gasteiger partial charge in [0.25, 0.3) is 5.91 Å². The number of phenols is 1. The van der Waals surface area contributed by atoms with E-state index in [9.17, 15) is 29.7 Å². The van der Waals surface area contributed by atoms with Crippen LogP contribution in [-0.4, -0.2) is 57.6 Å². The molecular formula is C47H39Br2N3O8. The van der Waals surface area contributed by atoms with E-state index in [0.29, 0.717) is 60.5 Å². The molecule has 0 spiro atoms. The number of carbonyl (C=O) groups is 2. The summed E-state index contributed by atoms with van der Waals surface area (Å²) in [5, 5.41) is 40.4. The van der Waals surface area contributed by atoms with Crippen LogP contribution in [0.1, 0.15) is 40.0 Å². The zero-order valence-corrected chi connectivity index (χ0v) is 35.3. The molecule has 60 heavy (non-hydrogen) atoms. The Kier molecular flexibility index (Phi) is 11.9. The lowest BCUT2D eigenvalue weighted by Gasteiger charge is -2.17. The van der Waals surface area contributed by atoms with Crippen molar-refractivity contribution in [2.75, 3.05) is 25.0 Å². The fourth-order valence-corrected chi connectivity index (χ4v) is 8.30. The number of aromatic carboxylic acids is 1. The quantitative estimate of drug-likeness (QED) is 0.0498. The van der Waals surface area contributed by atoms with E-state index in [2.05, 4.69) is 71.3 Å². The molecule has 0 fully saturated rings. The number of ether oxygens (including phenoxy) is 1. The van der Waals surface area contributed by atoms with Gasteiger partial charge >= 0.3 is 5.97 Å². The number of amides is 1. The second-order valence-corrected chi connectivity index (χ2v) is 16.4. The summed E-state index contributed by atoms with van der Waals surface area (Å²) in [5.74, 6) is -0.720. The number of aliphatic hydroxyl groups excluding tert-OH is 1. The van der Waals surface area contributed by atoms with Gasteiger partial charge in [0.1, 0.15) is 22.8 Å². The van der Waals surface area contributed by atoms with Crippen LogP contribution in [0.15, 0.2) is 133 Å². The van der Waals surface area contributed by atoms with Gasteiger partial charge < -0.3 is 39.7 Å². The molecule has 0 bridgehead atoms. The highest BCUT2D eigenvalue weighted by atomic mass is 79.9. The van der Waals surface area contributed by atoms with Crippen LogP contribution in [0.3, 0.4) is 0 Å². The molecule has 1 aliphatic carbocycles. The number of hydrogen-bond donors (Lipinski definition) is 5. The van der Waals surface area contributed by atoms with Crippen LogP contribution in [0.4, 0.5) is 5.69 Å². The van der Waals surface area contributed by atoms with Crippen molar-refractivity contribution in [3.05, 3.63) is 146 Å². The van der Waals surface area contributed by atoms with Crippen molar-refractivity contribution in [3.8, 4) is 33.9 Å². The van der Waals surface area contributed by atoms with Gasteiger partial charge in [0.2, 0.25) is 0 Å². The first kappa shape index (κ1) is 40.6. The number of carboxylic acid groups (broad SMARTS) is 1. The molecule has 11 nitrogen and oxygen atoms in total. The molecule has 0 radical (unpaired) electrons. The van der Waals surface area contributed by atoms with E-state index < -0.39 is 18.0 Å². The van der Waals surface area contributed by atoms with Gasteiger partial charge in [-0.15, -0.1) is 0 Å². The molecule has 8 rings (SSSR count). The van der Waals surface area contributed by atoms with Gasteiger partial charge in [-0.2, -0.15) is 0 Å². The van der Waals surface area contributed by atoms with Crippen molar-refractivity contribution < 1.29 is 34.1 Å². The van der Waals surface area contributed by atoms with Gasteiger partial charge in [-0.3, -0.25) is 9.59 Å². The Morgan fingerprint density at radius 1 is 0.783 bits per heavy atom. The number of nitrogens with zero attached hydrogens (tertiary/aromatic N) is 1. The smallest absolute Gasteiger partial charge is 0.336 e. The Morgan fingerprint density at radius 2 is 1.53 bits per heavy atom. The SMILES string of the molecule is O=C(NCCCCCOc1cccc(NCC(O)Cn2c3ccc(Br)cc3c3cc(Br)ccc32)c1)c1ccc(-c2c3ccc(=O)cc-3oc3cc(O)ccc23)c(C(=O)O)c1. The lowest BCUT2D eigenvalue weighted by Crippen LogP contribution is -2.25. The molecule has 1 unspecified atom stereocenters. The number of halogens is 2. The number of aromatic hydroxyl groups is 1. The topological polar surface area (TPSA) is 163 Å². The van der Waals surface area contributed by atoms with Crippen LogP contribution in [0, 0.1) is 0 Å². The molecule has 304 valence electrons. The summed E-state index contributed by atoms with van der Waals surface area (Å²) in [7, 11) is 0. The van der Waals surface area contributed by atoms with Crippen molar-refractivity contribution >= 4 is 82.2 Å². The van der Waals surface area contributed by atoms with E-state index in [1.54, 1.807) is 24.3 Å². The summed E-state index contributed by atoms with van der Waals surface area (Å²) < 4.78 is 16.1. The van der Waals surface area contributed by atoms with Crippen LogP contribution < -0.4 is 20.8 Å². The number of rotatable bonds is 15. The van der Waals surface area contributed by atoms with E-state index in [1.807, 2.05) is 36.4 Å². The van der Waals surface area contributed by atoms with Gasteiger partial charge in [0, 0.05) is 89.8 Å². The Morgan fingerprint density at radius 3 is 2.28 bits per heavy atom. The lowest BCUT2D eigenvalue weighted by molar-refractivity contribution is 0.0697. The number of anilines is 1. The van der Waals surface area contributed by atoms with Crippen LogP contribution in [0.2, 0.25) is 0 Å². The largest absolute Gasteiger partial charge is 0.508 e. The van der Waals surface area contributed by atoms with Gasteiger partial charge in [0.05, 0.1) is 24.8 Å². The number of carbonyl (C=O) groups excluding carboxylic acids is 1. The number of aliphatic hydroxyl groups is 1. The standard InChI is InChI=1S/C47H39Br2N3O8/c48-28-8-15-41-38(20-28)39-21-29(49)9-16-42(39)52(41)26-33(55)25-51-30-5-4-6-34(22-30)59-18-3-1-2-17-50-46(56)27-7-12-35(40(19-27)47(57)58)45-36-13-10-31(53)23-43(36)60-44-24-32(54)11-14-37(44)45/h4-16,19-24,33,51,53,55H,1-3,17-18,25-26H2,(H,50,56)(H,57,58). The highest BCUT2D eigenvalue weighted by molar-refractivity contribution is 9.10. The Labute approximate surface area is 360 Å². The van der Waals surface area contributed by atoms with Gasteiger partial charge in [-0.25, -0.2) is 4.79 Å². The lowest BCUT2D eigenvalue weighted by atomic mass is 9.90. The third kappa shape index (κ3) is 8.74. The molecule has 0 saturated heterocycles. The first-order valence-electron chi connectivity index (χ1n) is 19.4. The minimum Gasteiger partial charge on any atom is -0.508 e. The molecule has 0 saturated carbocycles. The maximum atomic E-state index is 13.1. The first-order valence-corrected chi connectivity index (χ1v) is 21.0. The number of benzene rings is 6. The number of nitrogens with one attached hydrogen (secondary N) is 2. The van der Waals surface area contributed by atoms with E-state index in [0.717, 1.165) is 49.3 Å². The van der Waals surface area contributed by atoms with Crippen LogP contribution in [-0.2, 0) is 6.54 Å². The first-order chi connectivity index (χ1) is 29.0. The highest BCUT2D eigenvalue weighted by Crippen LogP contribution is 2.42. The van der Waals surface area contributed by atoms with Crippen LogP contribution >= 0.6 is 31.9 Å². The fraction of sp³-hybridized carbons (Fsp3) is 0.170. The summed E-state index contributed by atoms with van der Waals surface area (Å²) >= 11 is 7.18. The summed E-state index contributed by atoms with van der Waals surface area (Å²) in [6, 6.07) is 33.3. The van der Waals surface area contributed by atoms with Crippen molar-refractivity contribution in [2.24, 2.45) is 0 Å². The normalized spacial score (nSPS) is 12.0. The molecule has 2 aliphatic rings. The molecule has 1 atom stereocenters. The maximum Gasteiger partial charge on any atom is 0.336 e. The third-order valence-electron chi connectivity index (χ3n) is 10.4. The van der Waals surface area contributed by atoms with E-state index in [4.69, 9.17) is 9.15 Å². The van der Waals surface area contributed by atoms with Crippen LogP contribution in [0.5, 0.6) is 11.5 Å². The predicted octanol–water partition coefficient (Wildman–Crippen LogP) is 10.1. The van der Waals surface area contributed by atoms with E-state index >= 15 is 0 Å². The summed E-state index contributed by atoms with van der Waals surface area (Å²) in [6.45, 7) is 1.64. The molecule has 2 heterocycles. The van der Waals surface area contributed by atoms with E-state index in [-0.39, 0.29) is 33.6 Å². The van der Waals surface area contributed by atoms with Crippen molar-refractivity contribution in [1.82, 2.24) is 9.88 Å². The van der Waals surface area contributed by atoms with Crippen molar-refractivity contribution in [1.29, 1.82) is 0 Å². The van der Waals surface area contributed by atoms with Crippen LogP contribution in [0.25, 0.3) is 55.2 Å².